The van der Waals surface area contributed by atoms with Crippen LogP contribution in [0.2, 0.25) is 0 Å². The van der Waals surface area contributed by atoms with E-state index in [2.05, 4.69) is 34.9 Å². The van der Waals surface area contributed by atoms with Crippen molar-refractivity contribution in [1.82, 2.24) is 10.6 Å². The van der Waals surface area contributed by atoms with Crippen LogP contribution in [0.3, 0.4) is 0 Å². The normalized spacial score (nSPS) is 12.8. The summed E-state index contributed by atoms with van der Waals surface area (Å²) in [7, 11) is 0. The molecule has 180 valence electrons. The summed E-state index contributed by atoms with van der Waals surface area (Å²) in [5.74, 6) is -1.21. The van der Waals surface area contributed by atoms with Crippen molar-refractivity contribution < 1.29 is 24.2 Å². The second-order valence-corrected chi connectivity index (χ2v) is 8.68. The molecule has 35 heavy (non-hydrogen) atoms. The quantitative estimate of drug-likeness (QED) is 0.429. The van der Waals surface area contributed by atoms with Gasteiger partial charge in [0, 0.05) is 24.9 Å². The smallest absolute Gasteiger partial charge is 0.407 e. The highest BCUT2D eigenvalue weighted by atomic mass is 16.5. The van der Waals surface area contributed by atoms with Crippen LogP contribution >= 0.6 is 0 Å². The van der Waals surface area contributed by atoms with Gasteiger partial charge in [-0.1, -0.05) is 60.7 Å². The van der Waals surface area contributed by atoms with Crippen molar-refractivity contribution in [3.8, 4) is 11.1 Å². The Morgan fingerprint density at radius 1 is 0.943 bits per heavy atom. The summed E-state index contributed by atoms with van der Waals surface area (Å²) < 4.78 is 5.53. The fraction of sp³-hybridized carbons (Fsp3) is 0.250. The first-order valence-corrected chi connectivity index (χ1v) is 11.6. The van der Waals surface area contributed by atoms with E-state index in [9.17, 15) is 14.4 Å². The van der Waals surface area contributed by atoms with Crippen molar-refractivity contribution in [2.75, 3.05) is 13.2 Å². The summed E-state index contributed by atoms with van der Waals surface area (Å²) in [6, 6.07) is 22.5. The van der Waals surface area contributed by atoms with Crippen molar-refractivity contribution in [3.05, 3.63) is 95.1 Å². The molecule has 0 aliphatic heterocycles. The Kier molecular flexibility index (Phi) is 7.45. The number of ether oxygens (including phenoxy) is 1. The maximum Gasteiger partial charge on any atom is 0.407 e. The second kappa shape index (κ2) is 10.9. The van der Waals surface area contributed by atoms with E-state index in [0.29, 0.717) is 13.0 Å². The minimum Gasteiger partial charge on any atom is -0.478 e. The lowest BCUT2D eigenvalue weighted by Crippen LogP contribution is -2.38. The van der Waals surface area contributed by atoms with Crippen molar-refractivity contribution in [3.63, 3.8) is 0 Å². The molecule has 1 aliphatic rings. The number of aromatic carboxylic acids is 1. The molecular formula is C28H28N2O5. The maximum atomic E-state index is 12.4. The fourth-order valence-electron chi connectivity index (χ4n) is 4.45. The predicted octanol–water partition coefficient (Wildman–Crippen LogP) is 4.36. The molecule has 0 fully saturated rings. The average Bonchev–Trinajstić information content (AvgIpc) is 3.16. The summed E-state index contributed by atoms with van der Waals surface area (Å²) >= 11 is 0. The van der Waals surface area contributed by atoms with Gasteiger partial charge in [0.05, 0.1) is 5.56 Å². The van der Waals surface area contributed by atoms with Gasteiger partial charge in [0.15, 0.2) is 0 Å². The highest BCUT2D eigenvalue weighted by molar-refractivity contribution is 5.87. The number of carboxylic acid groups (broad SMARTS) is 1. The standard InChI is InChI=1S/C28H28N2O5/c1-18(15-26(31)29-14-13-19-7-6-8-20(16-19)27(32)33)30-28(34)35-17-25-23-11-4-2-9-21(23)22-10-3-5-12-24(22)25/h2-12,16,18,25H,13-15,17H2,1H3,(H,29,31)(H,30,34)(H,32,33)/t18-/m0/s1. The number of hydrogen-bond acceptors (Lipinski definition) is 4. The number of amides is 2. The third kappa shape index (κ3) is 5.87. The maximum absolute atomic E-state index is 12.4. The Bertz CT molecular complexity index is 1190. The van der Waals surface area contributed by atoms with Crippen molar-refractivity contribution in [2.24, 2.45) is 0 Å². The summed E-state index contributed by atoms with van der Waals surface area (Å²) in [5.41, 5.74) is 5.66. The molecule has 3 N–H and O–H groups in total. The largest absolute Gasteiger partial charge is 0.478 e. The lowest BCUT2D eigenvalue weighted by molar-refractivity contribution is -0.121. The highest BCUT2D eigenvalue weighted by Gasteiger charge is 2.29. The third-order valence-electron chi connectivity index (χ3n) is 6.11. The van der Waals surface area contributed by atoms with Crippen LogP contribution in [0.4, 0.5) is 4.79 Å². The Balaban J connectivity index is 1.22. The number of benzene rings is 3. The van der Waals surface area contributed by atoms with Crippen LogP contribution in [-0.4, -0.2) is 42.3 Å². The van der Waals surface area contributed by atoms with E-state index in [1.807, 2.05) is 30.3 Å². The zero-order chi connectivity index (χ0) is 24.8. The van der Waals surface area contributed by atoms with Gasteiger partial charge in [0.2, 0.25) is 5.91 Å². The molecule has 0 saturated heterocycles. The molecule has 1 atom stereocenters. The SMILES string of the molecule is C[C@@H](CC(=O)NCCc1cccc(C(=O)O)c1)NC(=O)OCC1c2ccccc2-c2ccccc21. The molecule has 0 bridgehead atoms. The minimum absolute atomic E-state index is 0.0219. The van der Waals surface area contributed by atoms with Crippen molar-refractivity contribution >= 4 is 18.0 Å². The summed E-state index contributed by atoms with van der Waals surface area (Å²) in [4.78, 5) is 35.7. The number of alkyl carbamates (subject to hydrolysis) is 1. The van der Waals surface area contributed by atoms with Crippen LogP contribution in [0, 0.1) is 0 Å². The number of hydrogen-bond donors (Lipinski definition) is 3. The lowest BCUT2D eigenvalue weighted by Gasteiger charge is -2.17. The van der Waals surface area contributed by atoms with Gasteiger partial charge in [-0.05, 0) is 53.3 Å². The minimum atomic E-state index is -0.982. The van der Waals surface area contributed by atoms with Gasteiger partial charge in [-0.2, -0.15) is 0 Å². The molecule has 0 aromatic heterocycles. The molecule has 3 aromatic carbocycles. The van der Waals surface area contributed by atoms with Gasteiger partial charge in [0.25, 0.3) is 0 Å². The monoisotopic (exact) mass is 472 g/mol. The molecule has 4 rings (SSSR count). The first-order chi connectivity index (χ1) is 16.9. The van der Waals surface area contributed by atoms with Gasteiger partial charge in [-0.25, -0.2) is 9.59 Å². The van der Waals surface area contributed by atoms with Crippen LogP contribution in [0.15, 0.2) is 72.8 Å². The molecule has 0 heterocycles. The molecule has 7 heteroatoms. The van der Waals surface area contributed by atoms with Gasteiger partial charge in [-0.3, -0.25) is 4.79 Å². The van der Waals surface area contributed by atoms with E-state index in [-0.39, 0.29) is 30.4 Å². The molecule has 0 unspecified atom stereocenters. The molecule has 3 aromatic rings. The zero-order valence-corrected chi connectivity index (χ0v) is 19.5. The Hall–Kier alpha value is -4.13. The first kappa shape index (κ1) is 24.0. The molecule has 0 radical (unpaired) electrons. The molecule has 0 spiro atoms. The number of fused-ring (bicyclic) bond motifs is 3. The van der Waals surface area contributed by atoms with E-state index in [1.54, 1.807) is 19.1 Å². The van der Waals surface area contributed by atoms with Crippen LogP contribution in [0.1, 0.15) is 46.3 Å². The first-order valence-electron chi connectivity index (χ1n) is 11.6. The van der Waals surface area contributed by atoms with Crippen LogP contribution < -0.4 is 10.6 Å². The third-order valence-corrected chi connectivity index (χ3v) is 6.11. The van der Waals surface area contributed by atoms with E-state index < -0.39 is 18.1 Å². The summed E-state index contributed by atoms with van der Waals surface area (Å²) in [5, 5.41) is 14.6. The topological polar surface area (TPSA) is 105 Å². The number of nitrogens with one attached hydrogen (secondary N) is 2. The second-order valence-electron chi connectivity index (χ2n) is 8.68. The number of rotatable bonds is 9. The van der Waals surface area contributed by atoms with E-state index in [1.165, 1.54) is 6.07 Å². The molecule has 7 nitrogen and oxygen atoms in total. The van der Waals surface area contributed by atoms with Gasteiger partial charge < -0.3 is 20.5 Å². The summed E-state index contributed by atoms with van der Waals surface area (Å²) in [6.45, 7) is 2.34. The van der Waals surface area contributed by atoms with Gasteiger partial charge in [-0.15, -0.1) is 0 Å². The van der Waals surface area contributed by atoms with Gasteiger partial charge in [0.1, 0.15) is 6.61 Å². The van der Waals surface area contributed by atoms with Crippen LogP contribution in [0.5, 0.6) is 0 Å². The van der Waals surface area contributed by atoms with Crippen LogP contribution in [-0.2, 0) is 16.0 Å². The Morgan fingerprint density at radius 3 is 2.26 bits per heavy atom. The van der Waals surface area contributed by atoms with Gasteiger partial charge >= 0.3 is 12.1 Å². The molecule has 1 aliphatic carbocycles. The van der Waals surface area contributed by atoms with E-state index >= 15 is 0 Å². The molecular weight excluding hydrogens is 444 g/mol. The predicted molar refractivity (Wildman–Crippen MR) is 132 cm³/mol. The van der Waals surface area contributed by atoms with Crippen LogP contribution in [0.25, 0.3) is 11.1 Å². The zero-order valence-electron chi connectivity index (χ0n) is 19.5. The average molecular weight is 473 g/mol. The number of carboxylic acids is 1. The Labute approximate surface area is 204 Å². The fourth-order valence-corrected chi connectivity index (χ4v) is 4.45. The lowest BCUT2D eigenvalue weighted by atomic mass is 9.98. The summed E-state index contributed by atoms with van der Waals surface area (Å²) in [6.07, 6.45) is 0.0677. The molecule has 2 amide bonds. The highest BCUT2D eigenvalue weighted by Crippen LogP contribution is 2.44. The number of carbonyl (C=O) groups is 3. The van der Waals surface area contributed by atoms with Crippen molar-refractivity contribution in [2.45, 2.75) is 31.7 Å². The van der Waals surface area contributed by atoms with E-state index in [0.717, 1.165) is 27.8 Å². The Morgan fingerprint density at radius 2 is 1.60 bits per heavy atom. The molecule has 0 saturated carbocycles. The van der Waals surface area contributed by atoms with Crippen molar-refractivity contribution in [1.29, 1.82) is 0 Å². The van der Waals surface area contributed by atoms with E-state index in [4.69, 9.17) is 9.84 Å². The number of carbonyl (C=O) groups excluding carboxylic acids is 2.